The second kappa shape index (κ2) is 3.69. The summed E-state index contributed by atoms with van der Waals surface area (Å²) in [5.74, 6) is 2.83. The highest BCUT2D eigenvalue weighted by Crippen LogP contribution is 2.43. The standard InChI is InChI=1S/C13H21N/c1-2-4-13(3-1)14-9-12-8-10-5-6-11(12)7-10/h5-6,10-14H,1-4,7-9H2. The first-order valence-electron chi connectivity index (χ1n) is 6.33. The molecular weight excluding hydrogens is 170 g/mol. The van der Waals surface area contributed by atoms with E-state index in [1.54, 1.807) is 0 Å². The molecule has 3 atom stereocenters. The average Bonchev–Trinajstić information content (AvgIpc) is 2.91. The summed E-state index contributed by atoms with van der Waals surface area (Å²) in [6.07, 6.45) is 13.6. The van der Waals surface area contributed by atoms with Gasteiger partial charge in [0.2, 0.25) is 0 Å². The van der Waals surface area contributed by atoms with E-state index in [-0.39, 0.29) is 0 Å². The fourth-order valence-electron chi connectivity index (χ4n) is 3.58. The average molecular weight is 191 g/mol. The Hall–Kier alpha value is -0.300. The van der Waals surface area contributed by atoms with Crippen LogP contribution in [0.2, 0.25) is 0 Å². The van der Waals surface area contributed by atoms with E-state index in [1.165, 1.54) is 45.1 Å². The Morgan fingerprint density at radius 1 is 1.07 bits per heavy atom. The smallest absolute Gasteiger partial charge is 0.00671 e. The van der Waals surface area contributed by atoms with Crippen LogP contribution in [0.25, 0.3) is 0 Å². The highest BCUT2D eigenvalue weighted by atomic mass is 14.9. The molecule has 2 fully saturated rings. The zero-order chi connectivity index (χ0) is 9.38. The van der Waals surface area contributed by atoms with Crippen molar-refractivity contribution >= 4 is 0 Å². The van der Waals surface area contributed by atoms with Gasteiger partial charge in [-0.25, -0.2) is 0 Å². The maximum absolute atomic E-state index is 3.77. The maximum Gasteiger partial charge on any atom is 0.00671 e. The molecule has 3 unspecified atom stereocenters. The van der Waals surface area contributed by atoms with Gasteiger partial charge in [0.05, 0.1) is 0 Å². The van der Waals surface area contributed by atoms with Crippen molar-refractivity contribution in [1.29, 1.82) is 0 Å². The largest absolute Gasteiger partial charge is 0.314 e. The Bertz CT molecular complexity index is 227. The summed E-state index contributed by atoms with van der Waals surface area (Å²) in [5.41, 5.74) is 0. The van der Waals surface area contributed by atoms with Crippen LogP contribution in [0, 0.1) is 17.8 Å². The second-order valence-electron chi connectivity index (χ2n) is 5.43. The van der Waals surface area contributed by atoms with Gasteiger partial charge in [0.1, 0.15) is 0 Å². The van der Waals surface area contributed by atoms with Crippen LogP contribution in [0.15, 0.2) is 12.2 Å². The SMILES string of the molecule is C1=CC2CC1CC2CNC1CCCC1. The first-order valence-corrected chi connectivity index (χ1v) is 6.33. The van der Waals surface area contributed by atoms with Crippen LogP contribution in [0.3, 0.4) is 0 Å². The fourth-order valence-corrected chi connectivity index (χ4v) is 3.58. The minimum absolute atomic E-state index is 0.859. The van der Waals surface area contributed by atoms with Crippen molar-refractivity contribution in [1.82, 2.24) is 5.32 Å². The number of rotatable bonds is 3. The van der Waals surface area contributed by atoms with Crippen molar-refractivity contribution in [2.45, 2.75) is 44.6 Å². The molecule has 1 heteroatoms. The van der Waals surface area contributed by atoms with Gasteiger partial charge in [0, 0.05) is 6.04 Å². The molecule has 3 aliphatic rings. The molecular formula is C13H21N. The Morgan fingerprint density at radius 3 is 2.57 bits per heavy atom. The summed E-state index contributed by atoms with van der Waals surface area (Å²) in [4.78, 5) is 0. The molecule has 0 aromatic rings. The molecule has 3 aliphatic carbocycles. The molecule has 78 valence electrons. The van der Waals surface area contributed by atoms with E-state index in [2.05, 4.69) is 17.5 Å². The molecule has 1 nitrogen and oxygen atoms in total. The van der Waals surface area contributed by atoms with Crippen LogP contribution < -0.4 is 5.32 Å². The lowest BCUT2D eigenvalue weighted by atomic mass is 9.93. The van der Waals surface area contributed by atoms with Crippen LogP contribution in [0.1, 0.15) is 38.5 Å². The maximum atomic E-state index is 3.77. The molecule has 0 aliphatic heterocycles. The van der Waals surface area contributed by atoms with E-state index in [0.717, 1.165) is 23.8 Å². The topological polar surface area (TPSA) is 12.0 Å². The Labute approximate surface area is 87.0 Å². The number of nitrogens with one attached hydrogen (secondary N) is 1. The molecule has 0 heterocycles. The number of fused-ring (bicyclic) bond motifs is 2. The molecule has 0 amide bonds. The summed E-state index contributed by atoms with van der Waals surface area (Å²) in [5, 5.41) is 3.77. The molecule has 0 aromatic heterocycles. The van der Waals surface area contributed by atoms with E-state index in [1.807, 2.05) is 0 Å². The fraction of sp³-hybridized carbons (Fsp3) is 0.846. The predicted molar refractivity (Wildman–Crippen MR) is 59.1 cm³/mol. The minimum atomic E-state index is 0.859. The number of hydrogen-bond donors (Lipinski definition) is 1. The summed E-state index contributed by atoms with van der Waals surface area (Å²) >= 11 is 0. The van der Waals surface area contributed by atoms with E-state index in [0.29, 0.717) is 0 Å². The summed E-state index contributed by atoms with van der Waals surface area (Å²) in [6.45, 7) is 1.29. The Kier molecular flexibility index (Phi) is 2.36. The lowest BCUT2D eigenvalue weighted by molar-refractivity contribution is 0.383. The highest BCUT2D eigenvalue weighted by Gasteiger charge is 2.35. The zero-order valence-corrected chi connectivity index (χ0v) is 8.91. The summed E-state index contributed by atoms with van der Waals surface area (Å²) < 4.78 is 0. The summed E-state index contributed by atoms with van der Waals surface area (Å²) in [6, 6.07) is 0.859. The predicted octanol–water partition coefficient (Wildman–Crippen LogP) is 2.73. The van der Waals surface area contributed by atoms with Gasteiger partial charge in [0.15, 0.2) is 0 Å². The third kappa shape index (κ3) is 1.63. The monoisotopic (exact) mass is 191 g/mol. The third-order valence-electron chi connectivity index (χ3n) is 4.44. The zero-order valence-electron chi connectivity index (χ0n) is 8.91. The normalized spacial score (nSPS) is 41.3. The van der Waals surface area contributed by atoms with Crippen LogP contribution in [0.5, 0.6) is 0 Å². The second-order valence-corrected chi connectivity index (χ2v) is 5.43. The van der Waals surface area contributed by atoms with E-state index < -0.39 is 0 Å². The molecule has 0 saturated heterocycles. The van der Waals surface area contributed by atoms with Gasteiger partial charge in [0.25, 0.3) is 0 Å². The van der Waals surface area contributed by atoms with Crippen molar-refractivity contribution in [3.63, 3.8) is 0 Å². The van der Waals surface area contributed by atoms with Crippen molar-refractivity contribution in [2.75, 3.05) is 6.54 Å². The van der Waals surface area contributed by atoms with Crippen molar-refractivity contribution < 1.29 is 0 Å². The van der Waals surface area contributed by atoms with Gasteiger partial charge < -0.3 is 5.32 Å². The van der Waals surface area contributed by atoms with E-state index in [4.69, 9.17) is 0 Å². The molecule has 0 spiro atoms. The number of hydrogen-bond acceptors (Lipinski definition) is 1. The quantitative estimate of drug-likeness (QED) is 0.676. The van der Waals surface area contributed by atoms with Crippen molar-refractivity contribution in [3.05, 3.63) is 12.2 Å². The van der Waals surface area contributed by atoms with Gasteiger partial charge in [-0.05, 0) is 50.0 Å². The first kappa shape index (κ1) is 8.96. The third-order valence-corrected chi connectivity index (χ3v) is 4.44. The van der Waals surface area contributed by atoms with Gasteiger partial charge in [-0.15, -0.1) is 0 Å². The van der Waals surface area contributed by atoms with Gasteiger partial charge >= 0.3 is 0 Å². The molecule has 0 radical (unpaired) electrons. The van der Waals surface area contributed by atoms with Crippen LogP contribution in [0.4, 0.5) is 0 Å². The molecule has 1 N–H and O–H groups in total. The number of allylic oxidation sites excluding steroid dienone is 2. The van der Waals surface area contributed by atoms with Gasteiger partial charge in [-0.2, -0.15) is 0 Å². The Balaban J connectivity index is 1.47. The van der Waals surface area contributed by atoms with Crippen molar-refractivity contribution in [2.24, 2.45) is 17.8 Å². The molecule has 3 rings (SSSR count). The van der Waals surface area contributed by atoms with E-state index in [9.17, 15) is 0 Å². The molecule has 2 bridgehead atoms. The van der Waals surface area contributed by atoms with Crippen LogP contribution >= 0.6 is 0 Å². The lowest BCUT2D eigenvalue weighted by Crippen LogP contribution is -2.32. The van der Waals surface area contributed by atoms with Gasteiger partial charge in [-0.3, -0.25) is 0 Å². The minimum Gasteiger partial charge on any atom is -0.314 e. The lowest BCUT2D eigenvalue weighted by Gasteiger charge is -2.21. The molecule has 0 aromatic carbocycles. The summed E-state index contributed by atoms with van der Waals surface area (Å²) in [7, 11) is 0. The van der Waals surface area contributed by atoms with E-state index >= 15 is 0 Å². The highest BCUT2D eigenvalue weighted by molar-refractivity contribution is 5.10. The van der Waals surface area contributed by atoms with Crippen LogP contribution in [-0.2, 0) is 0 Å². The van der Waals surface area contributed by atoms with Crippen LogP contribution in [-0.4, -0.2) is 12.6 Å². The molecule has 14 heavy (non-hydrogen) atoms. The molecule has 2 saturated carbocycles. The first-order chi connectivity index (χ1) is 6.92. The van der Waals surface area contributed by atoms with Gasteiger partial charge in [-0.1, -0.05) is 25.0 Å². The Morgan fingerprint density at radius 2 is 1.93 bits per heavy atom. The van der Waals surface area contributed by atoms with Crippen molar-refractivity contribution in [3.8, 4) is 0 Å².